The monoisotopic (exact) mass is 243 g/mol. The maximum Gasteiger partial charge on any atom is 0.119 e. The molecule has 2 heteroatoms. The number of rotatable bonds is 3. The van der Waals surface area contributed by atoms with Gasteiger partial charge in [0.1, 0.15) is 11.9 Å². The molecule has 2 bridgehead atoms. The summed E-state index contributed by atoms with van der Waals surface area (Å²) in [6.07, 6.45) is 2.99. The number of hydrogen-bond acceptors (Lipinski definition) is 2. The molecular weight excluding hydrogens is 222 g/mol. The molecule has 3 fully saturated rings. The molecule has 0 aromatic heterocycles. The van der Waals surface area contributed by atoms with Crippen molar-refractivity contribution in [2.24, 2.45) is 5.92 Å². The first kappa shape index (κ1) is 11.8. The Morgan fingerprint density at radius 1 is 1.22 bits per heavy atom. The van der Waals surface area contributed by atoms with E-state index in [-0.39, 0.29) is 0 Å². The van der Waals surface area contributed by atoms with Gasteiger partial charge >= 0.3 is 0 Å². The van der Waals surface area contributed by atoms with E-state index in [0.717, 1.165) is 23.8 Å². The Morgan fingerprint density at radius 3 is 2.39 bits per heavy atom. The molecule has 4 rings (SSSR count). The molecule has 2 nitrogen and oxygen atoms in total. The fourth-order valence-electron chi connectivity index (χ4n) is 3.04. The zero-order chi connectivity index (χ0) is 12.5. The van der Waals surface area contributed by atoms with Crippen molar-refractivity contribution in [3.05, 3.63) is 36.4 Å². The molecule has 1 atom stereocenters. The van der Waals surface area contributed by atoms with Crippen LogP contribution in [0.5, 0.6) is 5.75 Å². The highest BCUT2D eigenvalue weighted by atomic mass is 16.5. The third-order valence-electron chi connectivity index (χ3n) is 4.23. The first-order valence-electron chi connectivity index (χ1n) is 6.87. The van der Waals surface area contributed by atoms with Crippen LogP contribution in [0.1, 0.15) is 25.3 Å². The molecule has 18 heavy (non-hydrogen) atoms. The SMILES string of the molecule is C=C(C)c1ccc(OC2CN3CCC2CC3)cc1. The van der Waals surface area contributed by atoms with Gasteiger partial charge in [-0.15, -0.1) is 0 Å². The largest absolute Gasteiger partial charge is 0.489 e. The first-order valence-corrected chi connectivity index (χ1v) is 6.87. The molecule has 1 unspecified atom stereocenters. The van der Waals surface area contributed by atoms with Gasteiger partial charge in [-0.3, -0.25) is 4.90 Å². The van der Waals surface area contributed by atoms with Crippen LogP contribution < -0.4 is 4.74 Å². The molecule has 0 aliphatic carbocycles. The summed E-state index contributed by atoms with van der Waals surface area (Å²) in [6.45, 7) is 9.62. The van der Waals surface area contributed by atoms with Crippen molar-refractivity contribution in [2.75, 3.05) is 19.6 Å². The third-order valence-corrected chi connectivity index (χ3v) is 4.23. The van der Waals surface area contributed by atoms with Gasteiger partial charge in [-0.2, -0.15) is 0 Å². The van der Waals surface area contributed by atoms with E-state index in [1.54, 1.807) is 0 Å². The second kappa shape index (κ2) is 4.77. The highest BCUT2D eigenvalue weighted by molar-refractivity contribution is 5.61. The van der Waals surface area contributed by atoms with E-state index in [9.17, 15) is 0 Å². The van der Waals surface area contributed by atoms with Crippen LogP contribution in [0.25, 0.3) is 5.57 Å². The van der Waals surface area contributed by atoms with Crippen LogP contribution in [0.4, 0.5) is 0 Å². The summed E-state index contributed by atoms with van der Waals surface area (Å²) >= 11 is 0. The summed E-state index contributed by atoms with van der Waals surface area (Å²) in [5.41, 5.74) is 2.29. The van der Waals surface area contributed by atoms with Gasteiger partial charge in [0, 0.05) is 6.54 Å². The molecule has 3 saturated heterocycles. The Hall–Kier alpha value is -1.28. The molecule has 96 valence electrons. The quantitative estimate of drug-likeness (QED) is 0.808. The molecular formula is C16H21NO. The maximum atomic E-state index is 6.15. The van der Waals surface area contributed by atoms with Gasteiger partial charge < -0.3 is 4.74 Å². The zero-order valence-corrected chi connectivity index (χ0v) is 11.1. The minimum Gasteiger partial charge on any atom is -0.489 e. The minimum absolute atomic E-state index is 0.392. The predicted molar refractivity (Wildman–Crippen MR) is 74.7 cm³/mol. The van der Waals surface area contributed by atoms with Crippen molar-refractivity contribution in [1.29, 1.82) is 0 Å². The van der Waals surface area contributed by atoms with Crippen LogP contribution in [0.15, 0.2) is 30.8 Å². The van der Waals surface area contributed by atoms with Gasteiger partial charge in [0.15, 0.2) is 0 Å². The molecule has 0 N–H and O–H groups in total. The molecule has 0 radical (unpaired) electrons. The Kier molecular flexibility index (Phi) is 3.13. The number of nitrogens with zero attached hydrogens (tertiary/aromatic N) is 1. The van der Waals surface area contributed by atoms with Gasteiger partial charge in [-0.05, 0) is 56.5 Å². The normalized spacial score (nSPS) is 30.2. The highest BCUT2D eigenvalue weighted by Crippen LogP contribution is 2.30. The van der Waals surface area contributed by atoms with E-state index in [2.05, 4.69) is 35.7 Å². The summed E-state index contributed by atoms with van der Waals surface area (Å²) in [5, 5.41) is 0. The van der Waals surface area contributed by atoms with E-state index >= 15 is 0 Å². The van der Waals surface area contributed by atoms with Crippen LogP contribution >= 0.6 is 0 Å². The van der Waals surface area contributed by atoms with Crippen LogP contribution in [-0.4, -0.2) is 30.6 Å². The summed E-state index contributed by atoms with van der Waals surface area (Å²) in [4.78, 5) is 2.52. The number of allylic oxidation sites excluding steroid dienone is 1. The van der Waals surface area contributed by atoms with Crippen molar-refractivity contribution in [1.82, 2.24) is 4.90 Å². The lowest BCUT2D eigenvalue weighted by Crippen LogP contribution is -2.52. The van der Waals surface area contributed by atoms with Crippen molar-refractivity contribution in [2.45, 2.75) is 25.9 Å². The van der Waals surface area contributed by atoms with Gasteiger partial charge in [-0.25, -0.2) is 0 Å². The van der Waals surface area contributed by atoms with Crippen molar-refractivity contribution in [3.63, 3.8) is 0 Å². The van der Waals surface area contributed by atoms with Gasteiger partial charge in [0.2, 0.25) is 0 Å². The van der Waals surface area contributed by atoms with Crippen LogP contribution in [-0.2, 0) is 0 Å². The molecule has 1 aromatic carbocycles. The minimum atomic E-state index is 0.392. The number of piperidine rings is 3. The average Bonchev–Trinajstić information content (AvgIpc) is 2.41. The lowest BCUT2D eigenvalue weighted by Gasteiger charge is -2.44. The Morgan fingerprint density at radius 2 is 1.89 bits per heavy atom. The topological polar surface area (TPSA) is 12.5 Å². The van der Waals surface area contributed by atoms with E-state index in [1.807, 2.05) is 6.92 Å². The summed E-state index contributed by atoms with van der Waals surface area (Å²) in [7, 11) is 0. The second-order valence-electron chi connectivity index (χ2n) is 5.60. The van der Waals surface area contributed by atoms with Crippen molar-refractivity contribution in [3.8, 4) is 5.75 Å². The summed E-state index contributed by atoms with van der Waals surface area (Å²) < 4.78 is 6.15. The number of ether oxygens (including phenoxy) is 1. The molecule has 1 aromatic rings. The van der Waals surface area contributed by atoms with Crippen LogP contribution in [0, 0.1) is 5.92 Å². The van der Waals surface area contributed by atoms with Crippen LogP contribution in [0.3, 0.4) is 0 Å². The number of fused-ring (bicyclic) bond motifs is 3. The summed E-state index contributed by atoms with van der Waals surface area (Å²) in [6, 6.07) is 8.33. The zero-order valence-electron chi connectivity index (χ0n) is 11.1. The number of benzene rings is 1. The number of hydrogen-bond donors (Lipinski definition) is 0. The second-order valence-corrected chi connectivity index (χ2v) is 5.60. The van der Waals surface area contributed by atoms with Crippen LogP contribution in [0.2, 0.25) is 0 Å². The lowest BCUT2D eigenvalue weighted by atomic mass is 9.86. The van der Waals surface area contributed by atoms with Crippen molar-refractivity contribution >= 4 is 5.57 Å². The molecule has 0 saturated carbocycles. The molecule has 3 heterocycles. The molecule has 3 aliphatic heterocycles. The Labute approximate surface area is 109 Å². The van der Waals surface area contributed by atoms with E-state index in [4.69, 9.17) is 4.74 Å². The van der Waals surface area contributed by atoms with E-state index in [1.165, 1.54) is 31.5 Å². The Balaban J connectivity index is 1.67. The summed E-state index contributed by atoms with van der Waals surface area (Å²) in [5.74, 6) is 1.76. The maximum absolute atomic E-state index is 6.15. The van der Waals surface area contributed by atoms with Gasteiger partial charge in [0.05, 0.1) is 0 Å². The fraction of sp³-hybridized carbons (Fsp3) is 0.500. The average molecular weight is 243 g/mol. The molecule has 0 spiro atoms. The molecule has 3 aliphatic rings. The fourth-order valence-corrected chi connectivity index (χ4v) is 3.04. The first-order chi connectivity index (χ1) is 8.72. The van der Waals surface area contributed by atoms with Gasteiger partial charge in [0.25, 0.3) is 0 Å². The standard InChI is InChI=1S/C16H21NO/c1-12(2)13-3-5-15(6-4-13)18-16-11-17-9-7-14(16)8-10-17/h3-6,14,16H,1,7-11H2,2H3. The molecule has 0 amide bonds. The highest BCUT2D eigenvalue weighted by Gasteiger charge is 2.35. The van der Waals surface area contributed by atoms with E-state index in [0.29, 0.717) is 6.10 Å². The predicted octanol–water partition coefficient (Wildman–Crippen LogP) is 3.19. The van der Waals surface area contributed by atoms with Crippen molar-refractivity contribution < 1.29 is 4.74 Å². The smallest absolute Gasteiger partial charge is 0.119 e. The third kappa shape index (κ3) is 2.30. The van der Waals surface area contributed by atoms with Gasteiger partial charge in [-0.1, -0.05) is 24.3 Å². The Bertz CT molecular complexity index is 429. The lowest BCUT2D eigenvalue weighted by molar-refractivity contribution is -0.00775. The van der Waals surface area contributed by atoms with E-state index < -0.39 is 0 Å².